The van der Waals surface area contributed by atoms with Crippen molar-refractivity contribution in [2.75, 3.05) is 6.61 Å². The number of pyridine rings is 2. The van der Waals surface area contributed by atoms with Crippen LogP contribution in [0.15, 0.2) is 55.1 Å². The molecule has 3 rings (SSSR count). The Kier molecular flexibility index (Phi) is 5.40. The minimum absolute atomic E-state index is 0.452. The third-order valence-corrected chi connectivity index (χ3v) is 5.65. The van der Waals surface area contributed by atoms with E-state index in [2.05, 4.69) is 35.7 Å². The van der Waals surface area contributed by atoms with Crippen molar-refractivity contribution in [2.24, 2.45) is 0 Å². The molecule has 3 aromatic rings. The molecule has 0 aliphatic heterocycles. The predicted molar refractivity (Wildman–Crippen MR) is 103 cm³/mol. The third kappa shape index (κ3) is 4.84. The zero-order valence-corrected chi connectivity index (χ0v) is 16.0. The quantitative estimate of drug-likeness (QED) is 0.469. The summed E-state index contributed by atoms with van der Waals surface area (Å²) in [5.74, 6) is 0. The molecular formula is C19H24N4OSi. The summed E-state index contributed by atoms with van der Waals surface area (Å²) in [6.07, 6.45) is 7.16. The second kappa shape index (κ2) is 7.71. The van der Waals surface area contributed by atoms with E-state index in [0.717, 1.165) is 35.2 Å². The van der Waals surface area contributed by atoms with Crippen LogP contribution in [0.1, 0.15) is 0 Å². The van der Waals surface area contributed by atoms with Gasteiger partial charge in [0.2, 0.25) is 0 Å². The zero-order valence-electron chi connectivity index (χ0n) is 15.0. The van der Waals surface area contributed by atoms with Gasteiger partial charge in [-0.3, -0.25) is 9.97 Å². The highest BCUT2D eigenvalue weighted by atomic mass is 28.3. The van der Waals surface area contributed by atoms with Gasteiger partial charge < -0.3 is 4.74 Å². The first-order valence-corrected chi connectivity index (χ1v) is 12.2. The van der Waals surface area contributed by atoms with Crippen LogP contribution in [0.25, 0.3) is 22.5 Å². The summed E-state index contributed by atoms with van der Waals surface area (Å²) in [5.41, 5.74) is 4.08. The Bertz CT molecular complexity index is 797. The van der Waals surface area contributed by atoms with E-state index >= 15 is 0 Å². The average molecular weight is 353 g/mol. The third-order valence-electron chi connectivity index (χ3n) is 3.94. The van der Waals surface area contributed by atoms with Crippen LogP contribution in [-0.4, -0.2) is 34.4 Å². The Morgan fingerprint density at radius 1 is 0.920 bits per heavy atom. The first-order chi connectivity index (χ1) is 12.0. The van der Waals surface area contributed by atoms with Gasteiger partial charge in [0.05, 0.1) is 11.4 Å². The monoisotopic (exact) mass is 352 g/mol. The van der Waals surface area contributed by atoms with Crippen LogP contribution in [0, 0.1) is 0 Å². The molecule has 0 unspecified atom stereocenters. The van der Waals surface area contributed by atoms with Gasteiger partial charge in [-0.25, -0.2) is 4.68 Å². The van der Waals surface area contributed by atoms with Crippen molar-refractivity contribution in [1.82, 2.24) is 19.7 Å². The molecule has 0 fully saturated rings. The smallest absolute Gasteiger partial charge is 0.140 e. The van der Waals surface area contributed by atoms with Crippen molar-refractivity contribution in [3.63, 3.8) is 0 Å². The lowest BCUT2D eigenvalue weighted by Crippen LogP contribution is -2.22. The summed E-state index contributed by atoms with van der Waals surface area (Å²) in [4.78, 5) is 8.18. The van der Waals surface area contributed by atoms with Crippen molar-refractivity contribution in [2.45, 2.75) is 32.4 Å². The average Bonchev–Trinajstić information content (AvgIpc) is 3.04. The molecule has 0 spiro atoms. The van der Waals surface area contributed by atoms with E-state index in [-0.39, 0.29) is 0 Å². The number of hydrogen-bond acceptors (Lipinski definition) is 4. The second-order valence-corrected chi connectivity index (χ2v) is 12.9. The Labute approximate surface area is 149 Å². The fourth-order valence-corrected chi connectivity index (χ4v) is 3.22. The summed E-state index contributed by atoms with van der Waals surface area (Å²) in [5, 5.41) is 4.75. The molecule has 5 nitrogen and oxygen atoms in total. The van der Waals surface area contributed by atoms with Gasteiger partial charge in [-0.2, -0.15) is 5.10 Å². The highest BCUT2D eigenvalue weighted by molar-refractivity contribution is 6.76. The van der Waals surface area contributed by atoms with E-state index in [1.54, 1.807) is 24.8 Å². The predicted octanol–water partition coefficient (Wildman–Crippen LogP) is 4.32. The molecule has 3 heterocycles. The van der Waals surface area contributed by atoms with Crippen LogP contribution in [-0.2, 0) is 11.5 Å². The van der Waals surface area contributed by atoms with Crippen LogP contribution >= 0.6 is 0 Å². The van der Waals surface area contributed by atoms with Gasteiger partial charge in [0.1, 0.15) is 6.73 Å². The molecule has 3 aromatic heterocycles. The van der Waals surface area contributed by atoms with Crippen molar-refractivity contribution >= 4 is 8.07 Å². The standard InChI is InChI=1S/C19H24N4OSi/c1-25(2,3)13-12-24-15-23-19(17-6-10-21-11-7-17)14-18(22-23)16-4-8-20-9-5-16/h4-11,14H,12-13,15H2,1-3H3. The number of aromatic nitrogens is 4. The largest absolute Gasteiger partial charge is 0.360 e. The maximum absolute atomic E-state index is 5.91. The fourth-order valence-electron chi connectivity index (χ4n) is 2.46. The van der Waals surface area contributed by atoms with Crippen LogP contribution in [0.5, 0.6) is 0 Å². The maximum Gasteiger partial charge on any atom is 0.140 e. The SMILES string of the molecule is C[Si](C)(C)CCOCn1nc(-c2ccncc2)cc1-c1ccncc1. The number of nitrogens with zero attached hydrogens (tertiary/aromatic N) is 4. The molecule has 0 aliphatic rings. The van der Waals surface area contributed by atoms with Gasteiger partial charge in [0.15, 0.2) is 0 Å². The number of hydrogen-bond donors (Lipinski definition) is 0. The highest BCUT2D eigenvalue weighted by Crippen LogP contribution is 2.25. The van der Waals surface area contributed by atoms with E-state index in [4.69, 9.17) is 9.84 Å². The molecule has 6 heteroatoms. The lowest BCUT2D eigenvalue weighted by molar-refractivity contribution is 0.0799. The van der Waals surface area contributed by atoms with Gasteiger partial charge in [0, 0.05) is 50.6 Å². The molecule has 0 aliphatic carbocycles. The minimum atomic E-state index is -1.09. The molecule has 0 radical (unpaired) electrons. The van der Waals surface area contributed by atoms with Crippen molar-refractivity contribution in [3.8, 4) is 22.5 Å². The first kappa shape index (κ1) is 17.5. The summed E-state index contributed by atoms with van der Waals surface area (Å²) in [6, 6.07) is 11.2. The number of rotatable bonds is 7. The van der Waals surface area contributed by atoms with E-state index < -0.39 is 8.07 Å². The zero-order chi connectivity index (χ0) is 17.7. The van der Waals surface area contributed by atoms with Gasteiger partial charge >= 0.3 is 0 Å². The molecule has 0 aromatic carbocycles. The van der Waals surface area contributed by atoms with Crippen molar-refractivity contribution < 1.29 is 4.74 Å². The molecule has 0 saturated heterocycles. The minimum Gasteiger partial charge on any atom is -0.360 e. The normalized spacial score (nSPS) is 11.6. The Morgan fingerprint density at radius 2 is 1.52 bits per heavy atom. The summed E-state index contributed by atoms with van der Waals surface area (Å²) >= 11 is 0. The summed E-state index contributed by atoms with van der Waals surface area (Å²) in [7, 11) is -1.09. The van der Waals surface area contributed by atoms with Crippen LogP contribution < -0.4 is 0 Å². The van der Waals surface area contributed by atoms with E-state index in [1.807, 2.05) is 28.9 Å². The van der Waals surface area contributed by atoms with Gasteiger partial charge in [-0.05, 0) is 36.4 Å². The van der Waals surface area contributed by atoms with Crippen LogP contribution in [0.2, 0.25) is 25.7 Å². The van der Waals surface area contributed by atoms with Gasteiger partial charge in [-0.15, -0.1) is 0 Å². The molecule has 0 N–H and O–H groups in total. The second-order valence-electron chi connectivity index (χ2n) is 7.23. The Hall–Kier alpha value is -2.31. The van der Waals surface area contributed by atoms with Gasteiger partial charge in [0.25, 0.3) is 0 Å². The Morgan fingerprint density at radius 3 is 2.12 bits per heavy atom. The fraction of sp³-hybridized carbons (Fsp3) is 0.316. The molecule has 0 bridgehead atoms. The van der Waals surface area contributed by atoms with Gasteiger partial charge in [-0.1, -0.05) is 19.6 Å². The Balaban J connectivity index is 1.83. The highest BCUT2D eigenvalue weighted by Gasteiger charge is 2.14. The summed E-state index contributed by atoms with van der Waals surface area (Å²) in [6.45, 7) is 8.29. The molecule has 0 saturated carbocycles. The molecule has 0 amide bonds. The topological polar surface area (TPSA) is 52.8 Å². The molecule has 0 atom stereocenters. The van der Waals surface area contributed by atoms with Crippen molar-refractivity contribution in [3.05, 3.63) is 55.1 Å². The maximum atomic E-state index is 5.91. The lowest BCUT2D eigenvalue weighted by atomic mass is 10.1. The molecular weight excluding hydrogens is 328 g/mol. The lowest BCUT2D eigenvalue weighted by Gasteiger charge is -2.15. The molecule has 25 heavy (non-hydrogen) atoms. The van der Waals surface area contributed by atoms with Crippen LogP contribution in [0.3, 0.4) is 0 Å². The van der Waals surface area contributed by atoms with E-state index in [0.29, 0.717) is 6.73 Å². The van der Waals surface area contributed by atoms with E-state index in [1.165, 1.54) is 0 Å². The number of ether oxygens (including phenoxy) is 1. The first-order valence-electron chi connectivity index (χ1n) is 8.49. The summed E-state index contributed by atoms with van der Waals surface area (Å²) < 4.78 is 7.84. The molecule has 130 valence electrons. The van der Waals surface area contributed by atoms with Crippen molar-refractivity contribution in [1.29, 1.82) is 0 Å². The van der Waals surface area contributed by atoms with E-state index in [9.17, 15) is 0 Å². The van der Waals surface area contributed by atoms with Crippen LogP contribution in [0.4, 0.5) is 0 Å².